The van der Waals surface area contributed by atoms with Crippen LogP contribution in [0.5, 0.6) is 0 Å². The van der Waals surface area contributed by atoms with E-state index in [0.29, 0.717) is 30.3 Å². The van der Waals surface area contributed by atoms with Crippen LogP contribution < -0.4 is 5.32 Å². The number of hydrogen-bond donors (Lipinski definition) is 1. The first-order valence-corrected chi connectivity index (χ1v) is 11.6. The summed E-state index contributed by atoms with van der Waals surface area (Å²) in [6.45, 7) is 1.77. The van der Waals surface area contributed by atoms with Gasteiger partial charge in [-0.3, -0.25) is 9.59 Å². The Morgan fingerprint density at radius 3 is 2.59 bits per heavy atom. The van der Waals surface area contributed by atoms with Crippen LogP contribution in [0.2, 0.25) is 5.02 Å². The first-order valence-electron chi connectivity index (χ1n) is 11.2. The van der Waals surface area contributed by atoms with E-state index in [9.17, 15) is 22.8 Å². The third-order valence-corrected chi connectivity index (χ3v) is 6.94. The van der Waals surface area contributed by atoms with Crippen LogP contribution in [0.1, 0.15) is 36.0 Å². The van der Waals surface area contributed by atoms with Crippen molar-refractivity contribution in [3.8, 4) is 0 Å². The minimum atomic E-state index is -4.45. The summed E-state index contributed by atoms with van der Waals surface area (Å²) in [4.78, 5) is 26.9. The summed E-state index contributed by atoms with van der Waals surface area (Å²) >= 11 is 6.20. The zero-order valence-electron chi connectivity index (χ0n) is 18.5. The Morgan fingerprint density at radius 1 is 1.15 bits per heavy atom. The molecule has 1 atom stereocenters. The van der Waals surface area contributed by atoms with Gasteiger partial charge in [0, 0.05) is 49.7 Å². The van der Waals surface area contributed by atoms with Crippen molar-refractivity contribution in [2.45, 2.75) is 37.4 Å². The lowest BCUT2D eigenvalue weighted by molar-refractivity contribution is -0.137. The fourth-order valence-electron chi connectivity index (χ4n) is 4.72. The molecule has 0 spiro atoms. The Hall–Kier alpha value is -2.58. The van der Waals surface area contributed by atoms with Gasteiger partial charge in [0.25, 0.3) is 0 Å². The minimum absolute atomic E-state index is 0.0380. The lowest BCUT2D eigenvalue weighted by atomic mass is 9.74. The molecule has 0 aliphatic carbocycles. The summed E-state index contributed by atoms with van der Waals surface area (Å²) in [5.41, 5.74) is 0.358. The van der Waals surface area contributed by atoms with E-state index >= 15 is 0 Å². The van der Waals surface area contributed by atoms with E-state index in [-0.39, 0.29) is 36.7 Å². The van der Waals surface area contributed by atoms with Crippen LogP contribution in [0.4, 0.5) is 13.2 Å². The monoisotopic (exact) mass is 494 g/mol. The maximum atomic E-state index is 13.0. The highest BCUT2D eigenvalue weighted by Crippen LogP contribution is 2.36. The number of amides is 2. The summed E-state index contributed by atoms with van der Waals surface area (Å²) < 4.78 is 44.5. The standard InChI is InChI=1S/C25H26ClF3N2O3/c26-21-6-2-4-19(13-21)24(7-9-34-10-8-24)16-30-23(33)18-12-22(32)31(15-18)14-17-3-1-5-20(11-17)25(27,28)29/h1-6,11,13,18H,7-10,12,14-16H2,(H,30,33). The van der Waals surface area contributed by atoms with E-state index in [4.69, 9.17) is 16.3 Å². The molecule has 2 heterocycles. The number of benzene rings is 2. The van der Waals surface area contributed by atoms with E-state index in [1.54, 1.807) is 12.1 Å². The molecule has 2 aliphatic heterocycles. The van der Waals surface area contributed by atoms with E-state index < -0.39 is 17.7 Å². The molecule has 1 unspecified atom stereocenters. The Morgan fingerprint density at radius 2 is 1.88 bits per heavy atom. The van der Waals surface area contributed by atoms with Gasteiger partial charge in [0.1, 0.15) is 0 Å². The SMILES string of the molecule is O=C(NCC1(c2cccc(Cl)c2)CCOCC1)C1CC(=O)N(Cc2cccc(C(F)(F)F)c2)C1. The second-order valence-electron chi connectivity index (χ2n) is 8.99. The Kier molecular flexibility index (Phi) is 7.19. The number of ether oxygens (including phenoxy) is 1. The van der Waals surface area contributed by atoms with Gasteiger partial charge in [-0.15, -0.1) is 0 Å². The number of hydrogen-bond acceptors (Lipinski definition) is 3. The number of carbonyl (C=O) groups excluding carboxylic acids is 2. The number of nitrogens with one attached hydrogen (secondary N) is 1. The second-order valence-corrected chi connectivity index (χ2v) is 9.43. The summed E-state index contributed by atoms with van der Waals surface area (Å²) in [5, 5.41) is 3.65. The van der Waals surface area contributed by atoms with Gasteiger partial charge in [-0.1, -0.05) is 35.9 Å². The lowest BCUT2D eigenvalue weighted by Gasteiger charge is -2.38. The highest BCUT2D eigenvalue weighted by atomic mass is 35.5. The molecule has 2 aromatic carbocycles. The van der Waals surface area contributed by atoms with Crippen LogP contribution in [0.3, 0.4) is 0 Å². The normalized spacial score (nSPS) is 20.4. The zero-order valence-corrected chi connectivity index (χ0v) is 19.3. The minimum Gasteiger partial charge on any atom is -0.381 e. The number of halogens is 4. The van der Waals surface area contributed by atoms with Crippen molar-refractivity contribution in [1.29, 1.82) is 0 Å². The third-order valence-electron chi connectivity index (χ3n) is 6.70. The highest BCUT2D eigenvalue weighted by Gasteiger charge is 2.38. The zero-order chi connectivity index (χ0) is 24.3. The number of nitrogens with zero attached hydrogens (tertiary/aromatic N) is 1. The summed E-state index contributed by atoms with van der Waals surface area (Å²) in [5.74, 6) is -1.02. The molecule has 0 radical (unpaired) electrons. The molecule has 0 aromatic heterocycles. The number of rotatable bonds is 6. The molecule has 1 N–H and O–H groups in total. The van der Waals surface area contributed by atoms with Crippen LogP contribution in [0.25, 0.3) is 0 Å². The molecule has 5 nitrogen and oxygen atoms in total. The molecule has 0 bridgehead atoms. The van der Waals surface area contributed by atoms with E-state index in [1.165, 1.54) is 11.0 Å². The molecule has 2 fully saturated rings. The molecular weight excluding hydrogens is 469 g/mol. The smallest absolute Gasteiger partial charge is 0.381 e. The molecule has 2 aromatic rings. The summed E-state index contributed by atoms with van der Waals surface area (Å²) in [7, 11) is 0. The quantitative estimate of drug-likeness (QED) is 0.640. The number of likely N-dealkylation sites (tertiary alicyclic amines) is 1. The van der Waals surface area contributed by atoms with Crippen LogP contribution >= 0.6 is 11.6 Å². The van der Waals surface area contributed by atoms with Gasteiger partial charge in [0.05, 0.1) is 11.5 Å². The molecular formula is C25H26ClF3N2O3. The average Bonchev–Trinajstić information content (AvgIpc) is 3.18. The first-order chi connectivity index (χ1) is 16.2. The van der Waals surface area contributed by atoms with Gasteiger partial charge in [-0.25, -0.2) is 0 Å². The molecule has 34 heavy (non-hydrogen) atoms. The maximum absolute atomic E-state index is 13.0. The molecule has 2 amide bonds. The van der Waals surface area contributed by atoms with Crippen molar-refractivity contribution in [3.63, 3.8) is 0 Å². The average molecular weight is 495 g/mol. The topological polar surface area (TPSA) is 58.6 Å². The van der Waals surface area contributed by atoms with E-state index in [1.807, 2.05) is 18.2 Å². The van der Waals surface area contributed by atoms with Gasteiger partial charge in [-0.05, 0) is 48.2 Å². The van der Waals surface area contributed by atoms with Crippen molar-refractivity contribution in [2.24, 2.45) is 5.92 Å². The van der Waals surface area contributed by atoms with Crippen molar-refractivity contribution < 1.29 is 27.5 Å². The fraction of sp³-hybridized carbons (Fsp3) is 0.440. The molecule has 2 aliphatic rings. The lowest BCUT2D eigenvalue weighted by Crippen LogP contribution is -2.46. The largest absolute Gasteiger partial charge is 0.416 e. The van der Waals surface area contributed by atoms with Crippen molar-refractivity contribution in [1.82, 2.24) is 10.2 Å². The van der Waals surface area contributed by atoms with Crippen molar-refractivity contribution >= 4 is 23.4 Å². The predicted molar refractivity (Wildman–Crippen MR) is 121 cm³/mol. The van der Waals surface area contributed by atoms with E-state index in [2.05, 4.69) is 5.32 Å². The van der Waals surface area contributed by atoms with Crippen LogP contribution in [-0.2, 0) is 32.5 Å². The van der Waals surface area contributed by atoms with E-state index in [0.717, 1.165) is 30.5 Å². The van der Waals surface area contributed by atoms with Crippen molar-refractivity contribution in [3.05, 3.63) is 70.2 Å². The Bertz CT molecular complexity index is 1050. The van der Waals surface area contributed by atoms with Gasteiger partial charge in [-0.2, -0.15) is 13.2 Å². The predicted octanol–water partition coefficient (Wildman–Crippen LogP) is 4.57. The Labute approximate surface area is 201 Å². The van der Waals surface area contributed by atoms with Gasteiger partial charge >= 0.3 is 6.18 Å². The maximum Gasteiger partial charge on any atom is 0.416 e. The Balaban J connectivity index is 1.39. The summed E-state index contributed by atoms with van der Waals surface area (Å²) in [6.07, 6.45) is -2.94. The fourth-order valence-corrected chi connectivity index (χ4v) is 4.91. The summed E-state index contributed by atoms with van der Waals surface area (Å²) in [6, 6.07) is 12.5. The third kappa shape index (κ3) is 5.55. The van der Waals surface area contributed by atoms with Gasteiger partial charge in [0.15, 0.2) is 0 Å². The van der Waals surface area contributed by atoms with Crippen LogP contribution in [0, 0.1) is 5.92 Å². The highest BCUT2D eigenvalue weighted by molar-refractivity contribution is 6.30. The van der Waals surface area contributed by atoms with Crippen LogP contribution in [0.15, 0.2) is 48.5 Å². The molecule has 2 saturated heterocycles. The number of carbonyl (C=O) groups is 2. The number of alkyl halides is 3. The van der Waals surface area contributed by atoms with Crippen LogP contribution in [-0.4, -0.2) is 43.0 Å². The molecule has 4 rings (SSSR count). The molecule has 182 valence electrons. The molecule has 9 heteroatoms. The first kappa shape index (κ1) is 24.5. The van der Waals surface area contributed by atoms with Crippen molar-refractivity contribution in [2.75, 3.05) is 26.3 Å². The van der Waals surface area contributed by atoms with Gasteiger partial charge < -0.3 is 15.0 Å². The molecule has 0 saturated carbocycles. The van der Waals surface area contributed by atoms with Gasteiger partial charge in [0.2, 0.25) is 11.8 Å². The second kappa shape index (κ2) is 9.96.